The predicted molar refractivity (Wildman–Crippen MR) is 72.5 cm³/mol. The van der Waals surface area contributed by atoms with Gasteiger partial charge in [-0.05, 0) is 44.6 Å². The van der Waals surface area contributed by atoms with Gasteiger partial charge in [0.2, 0.25) is 1.43 Å². The van der Waals surface area contributed by atoms with Gasteiger partial charge >= 0.3 is 0 Å². The number of aromatic hydroxyl groups is 1. The molecule has 2 rings (SSSR count). The maximum Gasteiger partial charge on any atom is 0.293 e. The van der Waals surface area contributed by atoms with Gasteiger partial charge in [-0.25, -0.2) is 0 Å². The van der Waals surface area contributed by atoms with Crippen LogP contribution in [0.25, 0.3) is 0 Å². The summed E-state index contributed by atoms with van der Waals surface area (Å²) in [6.45, 7) is 0.261. The van der Waals surface area contributed by atoms with E-state index in [0.717, 1.165) is 0 Å². The van der Waals surface area contributed by atoms with Gasteiger partial charge in [0, 0.05) is 16.6 Å². The van der Waals surface area contributed by atoms with Gasteiger partial charge in [-0.2, -0.15) is 0 Å². The minimum Gasteiger partial charge on any atom is -0.508 e. The normalized spacial score (nSPS) is 39.2. The molecular weight excluding hydrogens is 226 g/mol. The van der Waals surface area contributed by atoms with Crippen LogP contribution in [0.3, 0.4) is 0 Å². The van der Waals surface area contributed by atoms with Gasteiger partial charge in [-0.1, -0.05) is 25.0 Å². The molecule has 0 saturated heterocycles. The van der Waals surface area contributed by atoms with Crippen molar-refractivity contribution in [2.45, 2.75) is 31.2 Å². The van der Waals surface area contributed by atoms with Crippen LogP contribution in [0.2, 0.25) is 0 Å². The molecule has 0 spiro atoms. The fraction of sp³-hybridized carbons (Fsp3) is 0.600. The molecule has 2 atom stereocenters. The highest BCUT2D eigenvalue weighted by atomic mass is 16.3. The molecule has 3 heteroatoms. The van der Waals surface area contributed by atoms with Crippen molar-refractivity contribution in [3.8, 4) is 5.75 Å². The number of benzene rings is 1. The van der Waals surface area contributed by atoms with E-state index in [4.69, 9.17) is 12.1 Å². The molecule has 1 aromatic rings. The van der Waals surface area contributed by atoms with Crippen LogP contribution < -0.4 is 0 Å². The van der Waals surface area contributed by atoms with Crippen molar-refractivity contribution in [3.05, 3.63) is 29.8 Å². The third-order valence-corrected chi connectivity index (χ3v) is 3.27. The summed E-state index contributed by atoms with van der Waals surface area (Å²) < 4.78 is 40.7. The van der Waals surface area contributed by atoms with Gasteiger partial charge in [0.05, 0.1) is 5.60 Å². The second-order valence-corrected chi connectivity index (χ2v) is 5.08. The summed E-state index contributed by atoms with van der Waals surface area (Å²) in [5.41, 5.74) is -1.39. The molecule has 1 aliphatic rings. The fourth-order valence-electron chi connectivity index (χ4n) is 2.46. The van der Waals surface area contributed by atoms with Gasteiger partial charge in [-0.3, -0.25) is 0 Å². The van der Waals surface area contributed by atoms with Gasteiger partial charge in [0.1, 0.15) is 5.75 Å². The molecule has 18 heavy (non-hydrogen) atoms. The molecule has 0 radical (unpaired) electrons. The summed E-state index contributed by atoms with van der Waals surface area (Å²) in [6.07, 6.45) is -0.684. The van der Waals surface area contributed by atoms with E-state index in [9.17, 15) is 0 Å². The standard InChI is InChI=1S/C15H23NO2/c1-16(2)11-13-6-3-4-9-15(13,18)12-7-5-8-14(17)10-12/h5,7-8,10,13,17-18H,3-4,6,9,11H2,1-2H3/t13-,15+/m0/s1/i9D2,13D,18D/hD. The second kappa shape index (κ2) is 5.29. The predicted octanol–water partition coefficient (Wildman–Crippen LogP) is 2.33. The lowest BCUT2D eigenvalue weighted by Gasteiger charge is -2.41. The Bertz CT molecular complexity index is 556. The highest BCUT2D eigenvalue weighted by molar-refractivity contribution is 5.32. The average molecular weight is 254 g/mol. The Balaban J connectivity index is 2.67. The van der Waals surface area contributed by atoms with Crippen LogP contribution in [0, 0.1) is 5.89 Å². The van der Waals surface area contributed by atoms with Crippen molar-refractivity contribution >= 4 is 0 Å². The van der Waals surface area contributed by atoms with Crippen molar-refractivity contribution in [2.24, 2.45) is 5.89 Å². The topological polar surface area (TPSA) is 43.7 Å². The van der Waals surface area contributed by atoms with E-state index >= 15 is 0 Å². The van der Waals surface area contributed by atoms with E-state index in [1.165, 1.54) is 6.07 Å². The van der Waals surface area contributed by atoms with Gasteiger partial charge in [0.25, 0.3) is 1.43 Å². The first-order valence-corrected chi connectivity index (χ1v) is 6.25. The lowest BCUT2D eigenvalue weighted by molar-refractivity contribution is -0.0619. The third kappa shape index (κ3) is 2.68. The first-order valence-electron chi connectivity index (χ1n) is 8.57. The molecule has 100 valence electrons. The Labute approximate surface area is 116 Å². The van der Waals surface area contributed by atoms with Crippen molar-refractivity contribution in [1.29, 1.82) is 2.86 Å². The number of hydrogen-bond donors (Lipinski definition) is 2. The number of nitrogens with zero attached hydrogens (tertiary/aromatic N) is 1. The minimum atomic E-state index is -1.88. The molecule has 1 aliphatic carbocycles. The van der Waals surface area contributed by atoms with Crippen molar-refractivity contribution < 1.29 is 14.3 Å². The third-order valence-electron chi connectivity index (χ3n) is 3.27. The Kier molecular flexibility index (Phi) is 2.40. The summed E-state index contributed by atoms with van der Waals surface area (Å²) in [4.78, 5) is 1.81. The molecule has 0 aromatic heterocycles. The maximum atomic E-state index is 8.96. The van der Waals surface area contributed by atoms with Crippen LogP contribution in [-0.2, 0) is 5.60 Å². The number of rotatable bonds is 5. The first kappa shape index (κ1) is 8.18. The summed E-state index contributed by atoms with van der Waals surface area (Å²) >= 11 is 0. The lowest BCUT2D eigenvalue weighted by Crippen LogP contribution is -2.43. The van der Waals surface area contributed by atoms with E-state index in [1.54, 1.807) is 18.2 Å². The van der Waals surface area contributed by atoms with E-state index < -0.39 is 17.9 Å². The lowest BCUT2D eigenvalue weighted by atomic mass is 9.71. The molecule has 0 aliphatic heterocycles. The SMILES string of the molecule is [2H]Oc1cccc([C@]2(O[2H])C([2H])([2H])CCC[C@@]2([2H])CN(C)C)c1. The Morgan fingerprint density at radius 1 is 1.56 bits per heavy atom. The van der Waals surface area contributed by atoms with Crippen LogP contribution >= 0.6 is 0 Å². The summed E-state index contributed by atoms with van der Waals surface area (Å²) in [5, 5.41) is 9.53. The molecule has 3 nitrogen and oxygen atoms in total. The fourth-order valence-corrected chi connectivity index (χ4v) is 2.46. The zero-order valence-electron chi connectivity index (χ0n) is 15.9. The molecule has 1 saturated carbocycles. The molecule has 0 bridgehead atoms. The highest BCUT2D eigenvalue weighted by Crippen LogP contribution is 2.42. The average Bonchev–Trinajstić information content (AvgIpc) is 2.46. The van der Waals surface area contributed by atoms with E-state index in [0.29, 0.717) is 18.4 Å². The Morgan fingerprint density at radius 3 is 3.17 bits per heavy atom. The molecule has 1 aromatic carbocycles. The second-order valence-electron chi connectivity index (χ2n) is 5.08. The van der Waals surface area contributed by atoms with Gasteiger partial charge in [0.15, 0.2) is 0 Å². The monoisotopic (exact) mass is 254 g/mol. The molecule has 1 fully saturated rings. The number of aliphatic hydroxyl groups is 1. The Hall–Kier alpha value is -1.06. The zero-order chi connectivity index (χ0) is 17.3. The smallest absolute Gasteiger partial charge is 0.293 e. The van der Waals surface area contributed by atoms with Gasteiger partial charge < -0.3 is 15.1 Å². The number of phenolic OH excluding ortho intramolecular Hbond substituents is 1. The largest absolute Gasteiger partial charge is 0.508 e. The van der Waals surface area contributed by atoms with Crippen molar-refractivity contribution in [1.82, 2.24) is 4.90 Å². The van der Waals surface area contributed by atoms with Crippen LogP contribution in [0.5, 0.6) is 5.75 Å². The summed E-state index contributed by atoms with van der Waals surface area (Å²) in [7, 11) is 3.64. The van der Waals surface area contributed by atoms with Crippen LogP contribution in [0.4, 0.5) is 0 Å². The molecular formula is C15H23NO2. The molecule has 0 amide bonds. The summed E-state index contributed by atoms with van der Waals surface area (Å²) in [5.74, 6) is -1.10. The molecule has 0 unspecified atom stereocenters. The molecule has 0 heterocycles. The maximum absolute atomic E-state index is 8.96. The quantitative estimate of drug-likeness (QED) is 0.847. The van der Waals surface area contributed by atoms with Crippen LogP contribution in [0.15, 0.2) is 24.3 Å². The highest BCUT2D eigenvalue weighted by Gasteiger charge is 2.40. The molecule has 2 N–H and O–H groups in total. The van der Waals surface area contributed by atoms with Crippen LogP contribution in [-0.4, -0.2) is 38.6 Å². The minimum absolute atomic E-state index is 0.214. The van der Waals surface area contributed by atoms with E-state index in [-0.39, 0.29) is 18.7 Å². The van der Waals surface area contributed by atoms with E-state index in [1.807, 2.05) is 19.0 Å². The number of phenols is 1. The van der Waals surface area contributed by atoms with Gasteiger partial charge in [-0.15, -0.1) is 0 Å². The summed E-state index contributed by atoms with van der Waals surface area (Å²) in [6, 6.07) is 6.33. The Morgan fingerprint density at radius 2 is 2.44 bits per heavy atom. The first-order chi connectivity index (χ1) is 10.7. The number of hydrogen-bond acceptors (Lipinski definition) is 3. The van der Waals surface area contributed by atoms with E-state index in [2.05, 4.69) is 5.11 Å². The van der Waals surface area contributed by atoms with Crippen molar-refractivity contribution in [3.63, 3.8) is 0 Å². The van der Waals surface area contributed by atoms with Crippen molar-refractivity contribution in [2.75, 3.05) is 20.6 Å². The zero-order valence-corrected chi connectivity index (χ0v) is 10.9. The van der Waals surface area contributed by atoms with Crippen LogP contribution in [0.1, 0.15) is 35.3 Å².